The Kier molecular flexibility index (Phi) is 3.99. The lowest BCUT2D eigenvalue weighted by Crippen LogP contribution is -1.98. The van der Waals surface area contributed by atoms with E-state index in [-0.39, 0.29) is 0 Å². The molecule has 1 radical (unpaired) electrons. The lowest BCUT2D eigenvalue weighted by Gasteiger charge is -2.18. The van der Waals surface area contributed by atoms with Crippen LogP contribution in [0.1, 0.15) is 76.0 Å². The lowest BCUT2D eigenvalue weighted by atomic mass is 9.86. The molecular weight excluding hydrogens is 228 g/mol. The largest absolute Gasteiger partial charge is 0.0613 e. The van der Waals surface area contributed by atoms with E-state index in [0.717, 1.165) is 0 Å². The number of hydrogen-bond acceptors (Lipinski definition) is 0. The molecule has 0 N–H and O–H groups in total. The summed E-state index contributed by atoms with van der Waals surface area (Å²) >= 11 is 0. The maximum atomic E-state index is 3.65. The monoisotopic (exact) mass is 253 g/mol. The Balaban J connectivity index is 2.83. The molecule has 0 unspecified atom stereocenters. The molecule has 19 heavy (non-hydrogen) atoms. The molecule has 101 valence electrons. The van der Waals surface area contributed by atoms with Crippen molar-refractivity contribution in [3.8, 4) is 0 Å². The second-order valence-electron chi connectivity index (χ2n) is 6.41. The van der Waals surface area contributed by atoms with Crippen LogP contribution in [0, 0.1) is 6.07 Å². The molecule has 0 aromatic heterocycles. The summed E-state index contributed by atoms with van der Waals surface area (Å²) in [5.41, 5.74) is 4.16. The lowest BCUT2D eigenvalue weighted by molar-refractivity contribution is 0.835. The molecule has 0 fully saturated rings. The molecule has 0 bridgehead atoms. The zero-order valence-electron chi connectivity index (χ0n) is 13.0. The fraction of sp³-hybridized carbons (Fsp3) is 0.474. The summed E-state index contributed by atoms with van der Waals surface area (Å²) in [4.78, 5) is 0. The zero-order chi connectivity index (χ0) is 14.2. The van der Waals surface area contributed by atoms with Gasteiger partial charge in [-0.05, 0) is 57.3 Å². The van der Waals surface area contributed by atoms with Crippen LogP contribution < -0.4 is 0 Å². The van der Waals surface area contributed by atoms with Gasteiger partial charge in [-0.15, -0.1) is 0 Å². The van der Waals surface area contributed by atoms with Gasteiger partial charge in [0.15, 0.2) is 0 Å². The topological polar surface area (TPSA) is 0 Å². The molecule has 0 heteroatoms. The molecule has 0 saturated carbocycles. The molecule has 0 saturated heterocycles. The Labute approximate surface area is 117 Å². The average molecular weight is 253 g/mol. The molecule has 0 nitrogen and oxygen atoms in total. The SMILES string of the molecule is CC(C)c1[c]c(C(C)C)c2cccc(C(C)C)c2c1. The Hall–Kier alpha value is -1.30. The van der Waals surface area contributed by atoms with Gasteiger partial charge in [-0.2, -0.15) is 0 Å². The third-order valence-corrected chi connectivity index (χ3v) is 3.83. The van der Waals surface area contributed by atoms with Crippen molar-refractivity contribution in [3.63, 3.8) is 0 Å². The molecule has 0 amide bonds. The van der Waals surface area contributed by atoms with Crippen molar-refractivity contribution in [3.05, 3.63) is 47.0 Å². The standard InChI is InChI=1S/C19H25/c1-12(2)15-10-18(14(5)6)17-9-7-8-16(13(3)4)19(17)11-15/h7-9,11-14H,1-6H3. The van der Waals surface area contributed by atoms with Gasteiger partial charge in [0.25, 0.3) is 0 Å². The molecule has 2 aromatic carbocycles. The van der Waals surface area contributed by atoms with Crippen molar-refractivity contribution >= 4 is 10.8 Å². The van der Waals surface area contributed by atoms with Gasteiger partial charge in [0.05, 0.1) is 0 Å². The van der Waals surface area contributed by atoms with Crippen LogP contribution in [0.5, 0.6) is 0 Å². The van der Waals surface area contributed by atoms with Crippen molar-refractivity contribution in [1.29, 1.82) is 0 Å². The second-order valence-corrected chi connectivity index (χ2v) is 6.41. The van der Waals surface area contributed by atoms with Crippen molar-refractivity contribution < 1.29 is 0 Å². The first-order valence-electron chi connectivity index (χ1n) is 7.40. The number of fused-ring (bicyclic) bond motifs is 1. The summed E-state index contributed by atoms with van der Waals surface area (Å²) in [6, 6.07) is 12.7. The first-order valence-corrected chi connectivity index (χ1v) is 7.40. The summed E-state index contributed by atoms with van der Waals surface area (Å²) in [6.07, 6.45) is 0. The van der Waals surface area contributed by atoms with Crippen LogP contribution in [0.3, 0.4) is 0 Å². The van der Waals surface area contributed by atoms with Gasteiger partial charge in [0.2, 0.25) is 0 Å². The molecule has 0 aliphatic carbocycles. The van der Waals surface area contributed by atoms with E-state index < -0.39 is 0 Å². The summed E-state index contributed by atoms with van der Waals surface area (Å²) in [5, 5.41) is 2.80. The Bertz CT molecular complexity index is 574. The Morgan fingerprint density at radius 3 is 2.00 bits per heavy atom. The smallest absolute Gasteiger partial charge is 0.0102 e. The van der Waals surface area contributed by atoms with Crippen molar-refractivity contribution in [2.45, 2.75) is 59.3 Å². The first kappa shape index (κ1) is 14.1. The van der Waals surface area contributed by atoms with Gasteiger partial charge in [0, 0.05) is 0 Å². The van der Waals surface area contributed by atoms with Crippen molar-refractivity contribution in [2.75, 3.05) is 0 Å². The molecule has 2 aromatic rings. The maximum absolute atomic E-state index is 3.65. The Morgan fingerprint density at radius 1 is 0.789 bits per heavy atom. The van der Waals surface area contributed by atoms with Gasteiger partial charge in [-0.1, -0.05) is 59.7 Å². The van der Waals surface area contributed by atoms with E-state index in [1.165, 1.54) is 27.5 Å². The maximum Gasteiger partial charge on any atom is -0.0102 e. The van der Waals surface area contributed by atoms with Gasteiger partial charge in [-0.3, -0.25) is 0 Å². The first-order chi connectivity index (χ1) is 8.91. The highest BCUT2D eigenvalue weighted by Crippen LogP contribution is 2.33. The summed E-state index contributed by atoms with van der Waals surface area (Å²) in [7, 11) is 0. The fourth-order valence-corrected chi connectivity index (χ4v) is 2.66. The third-order valence-electron chi connectivity index (χ3n) is 3.83. The summed E-state index contributed by atoms with van der Waals surface area (Å²) in [6.45, 7) is 13.6. The summed E-state index contributed by atoms with van der Waals surface area (Å²) in [5.74, 6) is 1.61. The van der Waals surface area contributed by atoms with E-state index in [4.69, 9.17) is 0 Å². The number of rotatable bonds is 3. The van der Waals surface area contributed by atoms with Crippen LogP contribution in [-0.2, 0) is 0 Å². The van der Waals surface area contributed by atoms with Crippen LogP contribution >= 0.6 is 0 Å². The van der Waals surface area contributed by atoms with E-state index in [1.54, 1.807) is 0 Å². The molecule has 2 rings (SSSR count). The third kappa shape index (κ3) is 2.68. The average Bonchev–Trinajstić information content (AvgIpc) is 2.36. The van der Waals surface area contributed by atoms with E-state index in [0.29, 0.717) is 17.8 Å². The van der Waals surface area contributed by atoms with Crippen LogP contribution in [0.4, 0.5) is 0 Å². The van der Waals surface area contributed by atoms with Crippen molar-refractivity contribution in [2.24, 2.45) is 0 Å². The van der Waals surface area contributed by atoms with Crippen molar-refractivity contribution in [1.82, 2.24) is 0 Å². The molecular formula is C19H25. The predicted octanol–water partition coefficient (Wildman–Crippen LogP) is 6.01. The highest BCUT2D eigenvalue weighted by Gasteiger charge is 2.13. The van der Waals surface area contributed by atoms with Gasteiger partial charge in [-0.25, -0.2) is 0 Å². The zero-order valence-corrected chi connectivity index (χ0v) is 13.0. The van der Waals surface area contributed by atoms with Crippen LogP contribution in [0.15, 0.2) is 24.3 Å². The van der Waals surface area contributed by atoms with Gasteiger partial charge >= 0.3 is 0 Å². The van der Waals surface area contributed by atoms with Crippen LogP contribution in [-0.4, -0.2) is 0 Å². The van der Waals surface area contributed by atoms with Gasteiger partial charge in [0.1, 0.15) is 0 Å². The molecule has 0 heterocycles. The van der Waals surface area contributed by atoms with E-state index >= 15 is 0 Å². The highest BCUT2D eigenvalue weighted by molar-refractivity contribution is 5.90. The molecule has 0 aliphatic heterocycles. The molecule has 0 atom stereocenters. The fourth-order valence-electron chi connectivity index (χ4n) is 2.66. The van der Waals surface area contributed by atoms with Crippen LogP contribution in [0.2, 0.25) is 0 Å². The highest BCUT2D eigenvalue weighted by atomic mass is 14.2. The summed E-state index contributed by atoms with van der Waals surface area (Å²) < 4.78 is 0. The van der Waals surface area contributed by atoms with E-state index in [1.807, 2.05) is 0 Å². The minimum absolute atomic E-state index is 0.517. The van der Waals surface area contributed by atoms with Gasteiger partial charge < -0.3 is 0 Å². The second kappa shape index (κ2) is 5.36. The molecule has 0 aliphatic rings. The minimum Gasteiger partial charge on any atom is -0.0613 e. The Morgan fingerprint density at radius 2 is 1.47 bits per heavy atom. The number of hydrogen-bond donors (Lipinski definition) is 0. The predicted molar refractivity (Wildman–Crippen MR) is 85.1 cm³/mol. The quantitative estimate of drug-likeness (QED) is 0.628. The minimum atomic E-state index is 0.517. The van der Waals surface area contributed by atoms with Crippen LogP contribution in [0.25, 0.3) is 10.8 Å². The van der Waals surface area contributed by atoms with E-state index in [2.05, 4.69) is 71.9 Å². The number of benzene rings is 2. The molecule has 0 spiro atoms. The normalized spacial score (nSPS) is 12.1. The van der Waals surface area contributed by atoms with E-state index in [9.17, 15) is 0 Å².